The average molecular weight is 373 g/mol. The number of rotatable bonds is 4. The van der Waals surface area contributed by atoms with E-state index in [-0.39, 0.29) is 11.2 Å². The molecule has 2 heterocycles. The predicted molar refractivity (Wildman–Crippen MR) is 106 cm³/mol. The molecule has 1 saturated heterocycles. The van der Waals surface area contributed by atoms with Gasteiger partial charge in [-0.15, -0.1) is 10.2 Å². The molecule has 1 aromatic carbocycles. The van der Waals surface area contributed by atoms with Gasteiger partial charge in [0.2, 0.25) is 5.91 Å². The number of likely N-dealkylation sites (tertiary alicyclic amines) is 1. The minimum atomic E-state index is -0.190. The molecule has 6 heteroatoms. The smallest absolute Gasteiger partial charge is 0.236 e. The first-order valence-corrected chi connectivity index (χ1v) is 10.2. The molecule has 1 aliphatic heterocycles. The normalized spacial score (nSPS) is 21.7. The molecule has 140 valence electrons. The summed E-state index contributed by atoms with van der Waals surface area (Å²) in [6.45, 7) is 10.3. The fourth-order valence-electron chi connectivity index (χ4n) is 3.76. The Morgan fingerprint density at radius 2 is 1.88 bits per heavy atom. The summed E-state index contributed by atoms with van der Waals surface area (Å²) >= 11 is 1.50. The largest absolute Gasteiger partial charge is 0.336 e. The van der Waals surface area contributed by atoms with E-state index in [9.17, 15) is 4.79 Å². The van der Waals surface area contributed by atoms with Crippen molar-refractivity contribution in [3.8, 4) is 5.69 Å². The van der Waals surface area contributed by atoms with Crippen molar-refractivity contribution in [2.24, 2.45) is 0 Å². The molecule has 5 nitrogen and oxygen atoms in total. The number of carbonyl (C=O) groups is 1. The van der Waals surface area contributed by atoms with Gasteiger partial charge in [0, 0.05) is 17.8 Å². The molecule has 1 amide bonds. The molecule has 26 heavy (non-hydrogen) atoms. The minimum absolute atomic E-state index is 0.190. The molecule has 3 atom stereocenters. The van der Waals surface area contributed by atoms with Crippen LogP contribution in [0.15, 0.2) is 29.4 Å². The number of piperidine rings is 1. The first-order valence-electron chi connectivity index (χ1n) is 9.36. The van der Waals surface area contributed by atoms with E-state index >= 15 is 0 Å². The van der Waals surface area contributed by atoms with E-state index in [2.05, 4.69) is 54.1 Å². The summed E-state index contributed by atoms with van der Waals surface area (Å²) in [5, 5.41) is 9.16. The monoisotopic (exact) mass is 372 g/mol. The average Bonchev–Trinajstić information content (AvgIpc) is 2.95. The fraction of sp³-hybridized carbons (Fsp3) is 0.550. The standard InChI is InChI=1S/C20H28N4OS/c1-13-8-6-11-18(12-13)24-17(5)21-22-20(24)26-16(4)19(25)23-14(2)9-7-10-15(23)3/h6,8,11-12,14-16H,7,9-10H2,1-5H3/t14-,15+,16-/m0/s1. The van der Waals surface area contributed by atoms with Crippen LogP contribution in [0.2, 0.25) is 0 Å². The highest BCUT2D eigenvalue weighted by Crippen LogP contribution is 2.30. The van der Waals surface area contributed by atoms with Gasteiger partial charge in [-0.3, -0.25) is 9.36 Å². The van der Waals surface area contributed by atoms with Gasteiger partial charge in [0.25, 0.3) is 0 Å². The first kappa shape index (κ1) is 19.0. The summed E-state index contributed by atoms with van der Waals surface area (Å²) in [6, 6.07) is 8.89. The fourth-order valence-corrected chi connectivity index (χ4v) is 4.73. The van der Waals surface area contributed by atoms with Crippen LogP contribution in [0.1, 0.15) is 51.4 Å². The van der Waals surface area contributed by atoms with E-state index in [1.165, 1.54) is 23.7 Å². The molecule has 0 bridgehead atoms. The maximum Gasteiger partial charge on any atom is 0.236 e. The van der Waals surface area contributed by atoms with Gasteiger partial charge in [-0.2, -0.15) is 0 Å². The SMILES string of the molecule is Cc1cccc(-n2c(C)nnc2S[C@@H](C)C(=O)N2[C@H](C)CCC[C@@H]2C)c1. The lowest BCUT2D eigenvalue weighted by Gasteiger charge is -2.40. The van der Waals surface area contributed by atoms with E-state index in [4.69, 9.17) is 0 Å². The molecule has 1 aliphatic rings. The second-order valence-corrected chi connectivity index (χ2v) is 8.65. The van der Waals surface area contributed by atoms with Crippen molar-refractivity contribution in [3.63, 3.8) is 0 Å². The summed E-state index contributed by atoms with van der Waals surface area (Å²) in [5.74, 6) is 1.03. The van der Waals surface area contributed by atoms with E-state index < -0.39 is 0 Å². The summed E-state index contributed by atoms with van der Waals surface area (Å²) in [5.41, 5.74) is 2.22. The summed E-state index contributed by atoms with van der Waals surface area (Å²) in [4.78, 5) is 15.2. The summed E-state index contributed by atoms with van der Waals surface area (Å²) in [6.07, 6.45) is 3.38. The zero-order valence-electron chi connectivity index (χ0n) is 16.3. The summed E-state index contributed by atoms with van der Waals surface area (Å²) in [7, 11) is 0. The van der Waals surface area contributed by atoms with Crippen LogP contribution in [0.3, 0.4) is 0 Å². The van der Waals surface area contributed by atoms with Gasteiger partial charge in [-0.1, -0.05) is 23.9 Å². The highest BCUT2D eigenvalue weighted by Gasteiger charge is 2.32. The first-order chi connectivity index (χ1) is 12.4. The van der Waals surface area contributed by atoms with Crippen LogP contribution in [-0.4, -0.2) is 42.9 Å². The van der Waals surface area contributed by atoms with Gasteiger partial charge >= 0.3 is 0 Å². The maximum atomic E-state index is 13.1. The highest BCUT2D eigenvalue weighted by molar-refractivity contribution is 8.00. The van der Waals surface area contributed by atoms with Gasteiger partial charge in [-0.05, 0) is 71.6 Å². The lowest BCUT2D eigenvalue weighted by molar-refractivity contribution is -0.136. The molecule has 0 saturated carbocycles. The number of nitrogens with zero attached hydrogens (tertiary/aromatic N) is 4. The van der Waals surface area contributed by atoms with Crippen molar-refractivity contribution in [1.82, 2.24) is 19.7 Å². The molecular formula is C20H28N4OS. The van der Waals surface area contributed by atoms with E-state index in [1.807, 2.05) is 24.5 Å². The van der Waals surface area contributed by atoms with Crippen molar-refractivity contribution in [1.29, 1.82) is 0 Å². The van der Waals surface area contributed by atoms with Crippen LogP contribution in [0.4, 0.5) is 0 Å². The van der Waals surface area contributed by atoms with E-state index in [0.717, 1.165) is 29.5 Å². The topological polar surface area (TPSA) is 51.0 Å². The molecule has 0 aliphatic carbocycles. The van der Waals surface area contributed by atoms with E-state index in [1.54, 1.807) is 0 Å². The van der Waals surface area contributed by atoms with Gasteiger partial charge in [-0.25, -0.2) is 0 Å². The number of amides is 1. The molecular weight excluding hydrogens is 344 g/mol. The Morgan fingerprint density at radius 3 is 2.54 bits per heavy atom. The van der Waals surface area contributed by atoms with Crippen LogP contribution in [0.5, 0.6) is 0 Å². The number of hydrogen-bond acceptors (Lipinski definition) is 4. The molecule has 0 N–H and O–H groups in total. The third kappa shape index (κ3) is 3.80. The second-order valence-electron chi connectivity index (χ2n) is 7.34. The number of aromatic nitrogens is 3. The van der Waals surface area contributed by atoms with Crippen LogP contribution in [0, 0.1) is 13.8 Å². The zero-order chi connectivity index (χ0) is 18.8. The highest BCUT2D eigenvalue weighted by atomic mass is 32.2. The lowest BCUT2D eigenvalue weighted by Crippen LogP contribution is -2.50. The number of thioether (sulfide) groups is 1. The van der Waals surface area contributed by atoms with Crippen LogP contribution < -0.4 is 0 Å². The molecule has 2 aromatic rings. The third-order valence-corrected chi connectivity index (χ3v) is 6.16. The molecule has 0 spiro atoms. The Bertz CT molecular complexity index is 778. The summed E-state index contributed by atoms with van der Waals surface area (Å²) < 4.78 is 2.03. The predicted octanol–water partition coefficient (Wildman–Crippen LogP) is 4.15. The quantitative estimate of drug-likeness (QED) is 0.757. The number of benzene rings is 1. The van der Waals surface area contributed by atoms with Gasteiger partial charge < -0.3 is 4.90 Å². The van der Waals surface area contributed by atoms with Crippen LogP contribution in [-0.2, 0) is 4.79 Å². The van der Waals surface area contributed by atoms with Crippen molar-refractivity contribution in [2.45, 2.75) is 76.4 Å². The number of carbonyl (C=O) groups excluding carboxylic acids is 1. The van der Waals surface area contributed by atoms with Crippen LogP contribution >= 0.6 is 11.8 Å². The Hall–Kier alpha value is -1.82. The maximum absolute atomic E-state index is 13.1. The van der Waals surface area contributed by atoms with E-state index in [0.29, 0.717) is 12.1 Å². The third-order valence-electron chi connectivity index (χ3n) is 5.13. The van der Waals surface area contributed by atoms with Crippen molar-refractivity contribution in [3.05, 3.63) is 35.7 Å². The molecule has 0 radical (unpaired) electrons. The Kier molecular flexibility index (Phi) is 5.70. The van der Waals surface area contributed by atoms with Crippen molar-refractivity contribution >= 4 is 17.7 Å². The Morgan fingerprint density at radius 1 is 1.19 bits per heavy atom. The molecule has 1 fully saturated rings. The number of aryl methyl sites for hydroxylation is 2. The molecule has 1 aromatic heterocycles. The Balaban J connectivity index is 1.82. The van der Waals surface area contributed by atoms with Gasteiger partial charge in [0.15, 0.2) is 5.16 Å². The zero-order valence-corrected chi connectivity index (χ0v) is 17.1. The molecule has 3 rings (SSSR count). The Labute approximate surface area is 160 Å². The van der Waals surface area contributed by atoms with Crippen molar-refractivity contribution < 1.29 is 4.79 Å². The minimum Gasteiger partial charge on any atom is -0.336 e. The van der Waals surface area contributed by atoms with Crippen LogP contribution in [0.25, 0.3) is 5.69 Å². The second kappa shape index (κ2) is 7.82. The molecule has 0 unspecified atom stereocenters. The number of hydrogen-bond donors (Lipinski definition) is 0. The lowest BCUT2D eigenvalue weighted by atomic mass is 9.97. The van der Waals surface area contributed by atoms with Gasteiger partial charge in [0.05, 0.1) is 5.25 Å². The van der Waals surface area contributed by atoms with Crippen molar-refractivity contribution in [2.75, 3.05) is 0 Å². The van der Waals surface area contributed by atoms with Gasteiger partial charge in [0.1, 0.15) is 5.82 Å².